The summed E-state index contributed by atoms with van der Waals surface area (Å²) in [5, 5.41) is 0. The van der Waals surface area contributed by atoms with Crippen LogP contribution in [0.15, 0.2) is 69.6 Å². The topological polar surface area (TPSA) is 79.1 Å². The number of allylic oxidation sites excluding steroid dienone is 1. The molecule has 8 heteroatoms. The van der Waals surface area contributed by atoms with Gasteiger partial charge in [0.25, 0.3) is 5.56 Å². The lowest BCUT2D eigenvalue weighted by molar-refractivity contribution is -0.139. The smallest absolute Gasteiger partial charge is 0.338 e. The van der Waals surface area contributed by atoms with E-state index in [1.165, 1.54) is 11.3 Å². The fraction of sp³-hybridized carbons (Fsp3) is 0.269. The Kier molecular flexibility index (Phi) is 6.98. The highest BCUT2D eigenvalue weighted by molar-refractivity contribution is 7.07. The van der Waals surface area contributed by atoms with Crippen LogP contribution in [0.5, 0.6) is 11.5 Å². The number of benzene rings is 2. The SMILES string of the molecule is CCOC(=O)C1=C(C)N=c2s/c(=C/c3ccc(OCC)cc3)c(=O)n2C1c1ccc(OC)cc1. The average molecular weight is 479 g/mol. The third kappa shape index (κ3) is 4.54. The number of rotatable bonds is 7. The summed E-state index contributed by atoms with van der Waals surface area (Å²) in [6.07, 6.45) is 1.83. The molecule has 1 unspecified atom stereocenters. The molecule has 7 nitrogen and oxygen atoms in total. The van der Waals surface area contributed by atoms with Crippen molar-refractivity contribution in [2.45, 2.75) is 26.8 Å². The van der Waals surface area contributed by atoms with E-state index in [0.29, 0.717) is 33.0 Å². The normalized spacial score (nSPS) is 15.5. The molecule has 4 rings (SSSR count). The summed E-state index contributed by atoms with van der Waals surface area (Å²) in [4.78, 5) is 31.6. The molecule has 1 atom stereocenters. The van der Waals surface area contributed by atoms with Crippen LogP contribution in [0.2, 0.25) is 0 Å². The van der Waals surface area contributed by atoms with Crippen molar-refractivity contribution in [3.8, 4) is 11.5 Å². The minimum Gasteiger partial charge on any atom is -0.497 e. The quantitative estimate of drug-likeness (QED) is 0.488. The number of hydrogen-bond donors (Lipinski definition) is 0. The van der Waals surface area contributed by atoms with E-state index in [2.05, 4.69) is 4.99 Å². The fourth-order valence-electron chi connectivity index (χ4n) is 3.87. The van der Waals surface area contributed by atoms with Gasteiger partial charge in [-0.15, -0.1) is 0 Å². The van der Waals surface area contributed by atoms with E-state index in [4.69, 9.17) is 14.2 Å². The summed E-state index contributed by atoms with van der Waals surface area (Å²) >= 11 is 1.29. The summed E-state index contributed by atoms with van der Waals surface area (Å²) in [6, 6.07) is 14.2. The zero-order valence-corrected chi connectivity index (χ0v) is 20.3. The van der Waals surface area contributed by atoms with Gasteiger partial charge in [-0.2, -0.15) is 0 Å². The van der Waals surface area contributed by atoms with Crippen LogP contribution in [0.1, 0.15) is 37.9 Å². The number of nitrogens with zero attached hydrogens (tertiary/aromatic N) is 2. The predicted octanol–water partition coefficient (Wildman–Crippen LogP) is 3.21. The number of thiazole rings is 1. The van der Waals surface area contributed by atoms with Gasteiger partial charge in [-0.1, -0.05) is 35.6 Å². The molecule has 0 spiro atoms. The number of ether oxygens (including phenoxy) is 3. The standard InChI is InChI=1S/C26H26N2O5S/c1-5-32-20-11-7-17(8-12-20)15-21-24(29)28-23(18-9-13-19(31-4)14-10-18)22(25(30)33-6-2)16(3)27-26(28)34-21/h7-15,23H,5-6H2,1-4H3/b21-15+. The molecule has 34 heavy (non-hydrogen) atoms. The third-order valence-corrected chi connectivity index (χ3v) is 6.42. The van der Waals surface area contributed by atoms with Crippen molar-refractivity contribution in [1.29, 1.82) is 0 Å². The van der Waals surface area contributed by atoms with Gasteiger partial charge >= 0.3 is 5.97 Å². The Morgan fingerprint density at radius 2 is 1.74 bits per heavy atom. The van der Waals surface area contributed by atoms with Crippen molar-refractivity contribution in [3.63, 3.8) is 0 Å². The Labute approximate surface area is 201 Å². The Morgan fingerprint density at radius 3 is 2.35 bits per heavy atom. The van der Waals surface area contributed by atoms with E-state index in [-0.39, 0.29) is 12.2 Å². The first-order valence-electron chi connectivity index (χ1n) is 11.0. The highest BCUT2D eigenvalue weighted by atomic mass is 32.1. The predicted molar refractivity (Wildman–Crippen MR) is 131 cm³/mol. The summed E-state index contributed by atoms with van der Waals surface area (Å²) in [5.41, 5.74) is 2.32. The van der Waals surface area contributed by atoms with Crippen molar-refractivity contribution >= 4 is 23.4 Å². The van der Waals surface area contributed by atoms with E-state index < -0.39 is 12.0 Å². The number of methoxy groups -OCH3 is 1. The maximum Gasteiger partial charge on any atom is 0.338 e. The molecular formula is C26H26N2O5S. The lowest BCUT2D eigenvalue weighted by Crippen LogP contribution is -2.39. The van der Waals surface area contributed by atoms with Gasteiger partial charge in [0, 0.05) is 0 Å². The maximum absolute atomic E-state index is 13.6. The molecule has 0 fully saturated rings. The monoisotopic (exact) mass is 478 g/mol. The number of carbonyl (C=O) groups excluding carboxylic acids is 1. The number of esters is 1. The van der Waals surface area contributed by atoms with Gasteiger partial charge in [0.05, 0.1) is 42.2 Å². The van der Waals surface area contributed by atoms with Crippen LogP contribution in [0.4, 0.5) is 0 Å². The van der Waals surface area contributed by atoms with Gasteiger partial charge in [0.1, 0.15) is 11.5 Å². The zero-order valence-electron chi connectivity index (χ0n) is 19.5. The van der Waals surface area contributed by atoms with Gasteiger partial charge in [0.2, 0.25) is 0 Å². The Balaban J connectivity index is 1.87. The highest BCUT2D eigenvalue weighted by Gasteiger charge is 2.33. The number of aromatic nitrogens is 1. The third-order valence-electron chi connectivity index (χ3n) is 5.44. The van der Waals surface area contributed by atoms with Crippen molar-refractivity contribution < 1.29 is 19.0 Å². The first kappa shape index (κ1) is 23.5. The van der Waals surface area contributed by atoms with Gasteiger partial charge in [0.15, 0.2) is 4.80 Å². The summed E-state index contributed by atoms with van der Waals surface area (Å²) in [7, 11) is 1.59. The van der Waals surface area contributed by atoms with Crippen molar-refractivity contribution in [3.05, 3.63) is 90.6 Å². The maximum atomic E-state index is 13.6. The van der Waals surface area contributed by atoms with Crippen LogP contribution in [0.3, 0.4) is 0 Å². The van der Waals surface area contributed by atoms with Crippen LogP contribution in [-0.4, -0.2) is 30.9 Å². The second kappa shape index (κ2) is 10.1. The van der Waals surface area contributed by atoms with Crippen molar-refractivity contribution in [1.82, 2.24) is 4.57 Å². The molecule has 0 bridgehead atoms. The van der Waals surface area contributed by atoms with Gasteiger partial charge in [-0.3, -0.25) is 9.36 Å². The fourth-order valence-corrected chi connectivity index (χ4v) is 4.92. The second-order valence-corrected chi connectivity index (χ2v) is 8.59. The van der Waals surface area contributed by atoms with E-state index in [0.717, 1.165) is 16.9 Å². The summed E-state index contributed by atoms with van der Waals surface area (Å²) < 4.78 is 18.2. The minimum absolute atomic E-state index is 0.215. The zero-order chi connectivity index (χ0) is 24.2. The van der Waals surface area contributed by atoms with Crippen LogP contribution < -0.4 is 24.4 Å². The molecule has 0 saturated carbocycles. The molecule has 2 heterocycles. The summed E-state index contributed by atoms with van der Waals surface area (Å²) in [6.45, 7) is 6.27. The molecule has 3 aromatic rings. The van der Waals surface area contributed by atoms with Crippen molar-refractivity contribution in [2.75, 3.05) is 20.3 Å². The van der Waals surface area contributed by atoms with Crippen LogP contribution in [0, 0.1) is 0 Å². The molecule has 2 aromatic carbocycles. The highest BCUT2D eigenvalue weighted by Crippen LogP contribution is 2.31. The second-order valence-electron chi connectivity index (χ2n) is 7.58. The number of carbonyl (C=O) groups is 1. The van der Waals surface area contributed by atoms with Crippen LogP contribution >= 0.6 is 11.3 Å². The Bertz CT molecular complexity index is 1400. The largest absolute Gasteiger partial charge is 0.497 e. The van der Waals surface area contributed by atoms with E-state index in [9.17, 15) is 9.59 Å². The first-order chi connectivity index (χ1) is 16.5. The Hall–Kier alpha value is -3.65. The molecule has 0 amide bonds. The molecule has 0 saturated heterocycles. The first-order valence-corrected chi connectivity index (χ1v) is 11.8. The van der Waals surface area contributed by atoms with E-state index in [1.54, 1.807) is 25.5 Å². The molecule has 0 aliphatic carbocycles. The minimum atomic E-state index is -0.649. The van der Waals surface area contributed by atoms with Gasteiger partial charge in [-0.25, -0.2) is 9.79 Å². The van der Waals surface area contributed by atoms with Gasteiger partial charge < -0.3 is 14.2 Å². The molecule has 1 aliphatic rings. The lowest BCUT2D eigenvalue weighted by Gasteiger charge is -2.24. The van der Waals surface area contributed by atoms with E-state index in [1.807, 2.05) is 61.5 Å². The van der Waals surface area contributed by atoms with E-state index >= 15 is 0 Å². The van der Waals surface area contributed by atoms with Crippen molar-refractivity contribution in [2.24, 2.45) is 4.99 Å². The average Bonchev–Trinajstić information content (AvgIpc) is 3.14. The number of hydrogen-bond acceptors (Lipinski definition) is 7. The lowest BCUT2D eigenvalue weighted by atomic mass is 9.96. The van der Waals surface area contributed by atoms with Crippen LogP contribution in [-0.2, 0) is 9.53 Å². The molecule has 176 valence electrons. The van der Waals surface area contributed by atoms with Crippen LogP contribution in [0.25, 0.3) is 6.08 Å². The molecule has 1 aliphatic heterocycles. The molecule has 1 aromatic heterocycles. The van der Waals surface area contributed by atoms with Gasteiger partial charge in [-0.05, 0) is 62.2 Å². The molecular weight excluding hydrogens is 452 g/mol. The number of fused-ring (bicyclic) bond motifs is 1. The molecule has 0 radical (unpaired) electrons. The molecule has 0 N–H and O–H groups in total. The Morgan fingerprint density at radius 1 is 1.06 bits per heavy atom. The summed E-state index contributed by atoms with van der Waals surface area (Å²) in [5.74, 6) is 0.978.